The minimum atomic E-state index is -0.746. The van der Waals surface area contributed by atoms with Crippen molar-refractivity contribution in [2.75, 3.05) is 11.5 Å². The average molecular weight is 219 g/mol. The predicted molar refractivity (Wildman–Crippen MR) is 60.4 cm³/mol. The molecule has 16 heavy (non-hydrogen) atoms. The molecule has 0 bridgehead atoms. The van der Waals surface area contributed by atoms with E-state index in [9.17, 15) is 4.79 Å². The minimum Gasteiger partial charge on any atom is -0.443 e. The summed E-state index contributed by atoms with van der Waals surface area (Å²) in [5.74, 6) is -0.606. The standard InChI is InChI=1S/C11H13N3O2/c1-2-8(6-12)16-11(15)9-4-3-7(13)5-10(9)14/h3-5,8H,2,13-14H2,1H3. The maximum absolute atomic E-state index is 11.6. The van der Waals surface area contributed by atoms with Crippen LogP contribution in [0.4, 0.5) is 11.4 Å². The van der Waals surface area contributed by atoms with E-state index in [0.717, 1.165) is 0 Å². The number of nitrogen functional groups attached to an aromatic ring is 2. The zero-order valence-corrected chi connectivity index (χ0v) is 8.93. The lowest BCUT2D eigenvalue weighted by molar-refractivity contribution is 0.0402. The van der Waals surface area contributed by atoms with Gasteiger partial charge in [-0.3, -0.25) is 0 Å². The molecule has 5 nitrogen and oxygen atoms in total. The Morgan fingerprint density at radius 3 is 2.75 bits per heavy atom. The molecule has 1 rings (SSSR count). The molecule has 0 radical (unpaired) electrons. The van der Waals surface area contributed by atoms with E-state index in [1.54, 1.807) is 13.0 Å². The molecular weight excluding hydrogens is 206 g/mol. The van der Waals surface area contributed by atoms with Gasteiger partial charge in [-0.2, -0.15) is 5.26 Å². The number of nitrogens with zero attached hydrogens (tertiary/aromatic N) is 1. The van der Waals surface area contributed by atoms with Crippen LogP contribution in [0.2, 0.25) is 0 Å². The van der Waals surface area contributed by atoms with Crippen molar-refractivity contribution in [1.82, 2.24) is 0 Å². The SMILES string of the molecule is CCC(C#N)OC(=O)c1ccc(N)cc1N. The Balaban J connectivity index is 2.85. The van der Waals surface area contributed by atoms with Crippen molar-refractivity contribution in [3.05, 3.63) is 23.8 Å². The second kappa shape index (κ2) is 5.03. The fourth-order valence-corrected chi connectivity index (χ4v) is 1.16. The molecule has 0 saturated heterocycles. The molecule has 4 N–H and O–H groups in total. The van der Waals surface area contributed by atoms with Crippen molar-refractivity contribution in [2.45, 2.75) is 19.4 Å². The summed E-state index contributed by atoms with van der Waals surface area (Å²) in [5, 5.41) is 8.66. The highest BCUT2D eigenvalue weighted by atomic mass is 16.5. The smallest absolute Gasteiger partial charge is 0.341 e. The predicted octanol–water partition coefficient (Wildman–Crippen LogP) is 1.31. The summed E-state index contributed by atoms with van der Waals surface area (Å²) < 4.78 is 4.93. The Kier molecular flexibility index (Phi) is 3.72. The van der Waals surface area contributed by atoms with Crippen molar-refractivity contribution in [3.8, 4) is 6.07 Å². The van der Waals surface area contributed by atoms with Crippen molar-refractivity contribution in [2.24, 2.45) is 0 Å². The Bertz CT molecular complexity index is 437. The van der Waals surface area contributed by atoms with Gasteiger partial charge in [0.2, 0.25) is 0 Å². The fraction of sp³-hybridized carbons (Fsp3) is 0.273. The monoisotopic (exact) mass is 219 g/mol. The van der Waals surface area contributed by atoms with Crippen LogP contribution in [0, 0.1) is 11.3 Å². The van der Waals surface area contributed by atoms with Gasteiger partial charge in [-0.1, -0.05) is 6.92 Å². The summed E-state index contributed by atoms with van der Waals surface area (Å²) in [6.45, 7) is 1.76. The number of hydrogen-bond acceptors (Lipinski definition) is 5. The Hall–Kier alpha value is -2.22. The van der Waals surface area contributed by atoms with Gasteiger partial charge in [0.1, 0.15) is 6.07 Å². The van der Waals surface area contributed by atoms with Crippen LogP contribution < -0.4 is 11.5 Å². The number of nitrogens with two attached hydrogens (primary N) is 2. The van der Waals surface area contributed by atoms with Crippen LogP contribution in [0.1, 0.15) is 23.7 Å². The third kappa shape index (κ3) is 2.64. The van der Waals surface area contributed by atoms with Crippen LogP contribution in [-0.4, -0.2) is 12.1 Å². The Morgan fingerprint density at radius 1 is 1.56 bits per heavy atom. The van der Waals surface area contributed by atoms with E-state index in [1.807, 2.05) is 6.07 Å². The molecule has 0 aliphatic rings. The highest BCUT2D eigenvalue weighted by molar-refractivity contribution is 5.95. The van der Waals surface area contributed by atoms with Gasteiger partial charge in [-0.15, -0.1) is 0 Å². The number of carbonyl (C=O) groups is 1. The van der Waals surface area contributed by atoms with E-state index in [4.69, 9.17) is 21.5 Å². The van der Waals surface area contributed by atoms with E-state index in [0.29, 0.717) is 12.1 Å². The first-order chi connectivity index (χ1) is 7.58. The molecule has 0 heterocycles. The van der Waals surface area contributed by atoms with Crippen LogP contribution >= 0.6 is 0 Å². The normalized spacial score (nSPS) is 11.5. The van der Waals surface area contributed by atoms with Crippen LogP contribution in [0.25, 0.3) is 0 Å². The number of benzene rings is 1. The van der Waals surface area contributed by atoms with Crippen molar-refractivity contribution in [3.63, 3.8) is 0 Å². The second-order valence-corrected chi connectivity index (χ2v) is 3.28. The summed E-state index contributed by atoms with van der Waals surface area (Å²) in [6, 6.07) is 6.39. The third-order valence-corrected chi connectivity index (χ3v) is 2.06. The zero-order valence-electron chi connectivity index (χ0n) is 8.93. The highest BCUT2D eigenvalue weighted by Gasteiger charge is 2.15. The number of anilines is 2. The number of ether oxygens (including phenoxy) is 1. The summed E-state index contributed by atoms with van der Waals surface area (Å²) in [4.78, 5) is 11.6. The van der Waals surface area contributed by atoms with E-state index in [-0.39, 0.29) is 11.3 Å². The molecule has 0 aromatic heterocycles. The maximum Gasteiger partial charge on any atom is 0.341 e. The number of esters is 1. The second-order valence-electron chi connectivity index (χ2n) is 3.28. The van der Waals surface area contributed by atoms with E-state index in [2.05, 4.69) is 0 Å². The first-order valence-electron chi connectivity index (χ1n) is 4.84. The van der Waals surface area contributed by atoms with E-state index in [1.165, 1.54) is 12.1 Å². The molecule has 0 spiro atoms. The maximum atomic E-state index is 11.6. The van der Waals surface area contributed by atoms with Gasteiger partial charge in [0, 0.05) is 11.4 Å². The third-order valence-electron chi connectivity index (χ3n) is 2.06. The van der Waals surface area contributed by atoms with Gasteiger partial charge in [0.15, 0.2) is 6.10 Å². The van der Waals surface area contributed by atoms with E-state index < -0.39 is 12.1 Å². The lowest BCUT2D eigenvalue weighted by Gasteiger charge is -2.10. The topological polar surface area (TPSA) is 102 Å². The van der Waals surface area contributed by atoms with Gasteiger partial charge < -0.3 is 16.2 Å². The molecular formula is C11H13N3O2. The zero-order chi connectivity index (χ0) is 12.1. The molecule has 0 saturated carbocycles. The molecule has 5 heteroatoms. The molecule has 1 atom stereocenters. The lowest BCUT2D eigenvalue weighted by Crippen LogP contribution is -2.16. The first kappa shape index (κ1) is 11.9. The highest BCUT2D eigenvalue weighted by Crippen LogP contribution is 2.17. The van der Waals surface area contributed by atoms with E-state index >= 15 is 0 Å². The number of hydrogen-bond donors (Lipinski definition) is 2. The number of nitriles is 1. The molecule has 1 aromatic carbocycles. The van der Waals surface area contributed by atoms with Gasteiger partial charge in [0.25, 0.3) is 0 Å². The Labute approximate surface area is 93.6 Å². The molecule has 1 aromatic rings. The van der Waals surface area contributed by atoms with Crippen molar-refractivity contribution >= 4 is 17.3 Å². The largest absolute Gasteiger partial charge is 0.443 e. The quantitative estimate of drug-likeness (QED) is 0.589. The van der Waals surface area contributed by atoms with Crippen LogP contribution in [0.5, 0.6) is 0 Å². The van der Waals surface area contributed by atoms with Gasteiger partial charge in [-0.05, 0) is 24.6 Å². The van der Waals surface area contributed by atoms with Crippen LogP contribution in [0.3, 0.4) is 0 Å². The molecule has 1 unspecified atom stereocenters. The molecule has 0 aliphatic heterocycles. The Morgan fingerprint density at radius 2 is 2.25 bits per heavy atom. The molecule has 84 valence electrons. The molecule has 0 fully saturated rings. The van der Waals surface area contributed by atoms with Gasteiger partial charge in [0.05, 0.1) is 5.56 Å². The fourth-order valence-electron chi connectivity index (χ4n) is 1.16. The summed E-state index contributed by atoms with van der Waals surface area (Å²) >= 11 is 0. The summed E-state index contributed by atoms with van der Waals surface area (Å²) in [5.41, 5.74) is 12.1. The van der Waals surface area contributed by atoms with Crippen LogP contribution in [0.15, 0.2) is 18.2 Å². The number of rotatable bonds is 3. The lowest BCUT2D eigenvalue weighted by atomic mass is 10.1. The number of carbonyl (C=O) groups excluding carboxylic acids is 1. The molecule has 0 aliphatic carbocycles. The first-order valence-corrected chi connectivity index (χ1v) is 4.84. The minimum absolute atomic E-state index is 0.225. The average Bonchev–Trinajstić information content (AvgIpc) is 2.25. The van der Waals surface area contributed by atoms with Gasteiger partial charge >= 0.3 is 5.97 Å². The molecule has 0 amide bonds. The van der Waals surface area contributed by atoms with Crippen molar-refractivity contribution in [1.29, 1.82) is 5.26 Å². The van der Waals surface area contributed by atoms with Crippen molar-refractivity contribution < 1.29 is 9.53 Å². The van der Waals surface area contributed by atoms with Crippen LogP contribution in [-0.2, 0) is 4.74 Å². The van der Waals surface area contributed by atoms with Gasteiger partial charge in [-0.25, -0.2) is 4.79 Å². The summed E-state index contributed by atoms with van der Waals surface area (Å²) in [7, 11) is 0. The summed E-state index contributed by atoms with van der Waals surface area (Å²) in [6.07, 6.45) is -0.304.